The normalized spacial score (nSPS) is 17.5. The monoisotopic (exact) mass is 378 g/mol. The average Bonchev–Trinajstić information content (AvgIpc) is 2.63. The van der Waals surface area contributed by atoms with Gasteiger partial charge in [-0.1, -0.05) is 36.4 Å². The molecule has 2 aromatic carbocycles. The molecule has 0 spiro atoms. The average molecular weight is 379 g/mol. The van der Waals surface area contributed by atoms with Crippen LogP contribution in [0.5, 0.6) is 11.5 Å². The number of rotatable bonds is 7. The summed E-state index contributed by atoms with van der Waals surface area (Å²) in [6.07, 6.45) is 0.185. The molecule has 1 fully saturated rings. The molecule has 1 aliphatic heterocycles. The molecule has 5 nitrogen and oxygen atoms in total. The number of ether oxygens (including phenoxy) is 2. The van der Waals surface area contributed by atoms with Crippen molar-refractivity contribution in [1.82, 2.24) is 10.2 Å². The zero-order valence-electron chi connectivity index (χ0n) is 15.1. The van der Waals surface area contributed by atoms with Crippen molar-refractivity contribution in [2.75, 3.05) is 33.4 Å². The predicted molar refractivity (Wildman–Crippen MR) is 105 cm³/mol. The number of benzene rings is 2. The molecule has 26 heavy (non-hydrogen) atoms. The molecule has 1 atom stereocenters. The molecule has 2 N–H and O–H groups in total. The maximum Gasteiger partial charge on any atom is 0.160 e. The van der Waals surface area contributed by atoms with E-state index in [0.29, 0.717) is 12.3 Å². The quantitative estimate of drug-likeness (QED) is 0.776. The Balaban J connectivity index is 0.00000243. The van der Waals surface area contributed by atoms with Crippen LogP contribution in [0, 0.1) is 0 Å². The van der Waals surface area contributed by atoms with Crippen molar-refractivity contribution in [3.05, 3.63) is 59.7 Å². The van der Waals surface area contributed by atoms with Gasteiger partial charge in [-0.2, -0.15) is 0 Å². The summed E-state index contributed by atoms with van der Waals surface area (Å²) in [4.78, 5) is 2.43. The van der Waals surface area contributed by atoms with Crippen molar-refractivity contribution in [2.45, 2.75) is 19.2 Å². The van der Waals surface area contributed by atoms with Crippen molar-refractivity contribution in [3.63, 3.8) is 0 Å². The van der Waals surface area contributed by atoms with Gasteiger partial charge in [0.25, 0.3) is 0 Å². The van der Waals surface area contributed by atoms with Crippen molar-refractivity contribution in [2.24, 2.45) is 0 Å². The third-order valence-electron chi connectivity index (χ3n) is 4.42. The van der Waals surface area contributed by atoms with E-state index in [0.717, 1.165) is 38.3 Å². The number of halogens is 1. The second-order valence-electron chi connectivity index (χ2n) is 6.35. The highest BCUT2D eigenvalue weighted by molar-refractivity contribution is 5.85. The van der Waals surface area contributed by atoms with Crippen molar-refractivity contribution in [3.8, 4) is 11.5 Å². The van der Waals surface area contributed by atoms with E-state index in [1.165, 1.54) is 5.56 Å². The summed E-state index contributed by atoms with van der Waals surface area (Å²) in [7, 11) is 1.55. The lowest BCUT2D eigenvalue weighted by atomic mass is 10.1. The molecule has 0 radical (unpaired) electrons. The molecule has 0 amide bonds. The SMILES string of the molecule is COc1ccc(CNCC2CN(Cc3ccccc3)CCO2)cc1O.Cl. The van der Waals surface area contributed by atoms with Crippen LogP contribution in [0.15, 0.2) is 48.5 Å². The van der Waals surface area contributed by atoms with Crippen LogP contribution in [0.3, 0.4) is 0 Å². The topological polar surface area (TPSA) is 54.0 Å². The van der Waals surface area contributed by atoms with Crippen LogP contribution in [0.25, 0.3) is 0 Å². The van der Waals surface area contributed by atoms with Crippen LogP contribution in [0.1, 0.15) is 11.1 Å². The Hall–Kier alpha value is -1.79. The van der Waals surface area contributed by atoms with E-state index in [1.54, 1.807) is 19.2 Å². The Morgan fingerprint density at radius 1 is 1.19 bits per heavy atom. The van der Waals surface area contributed by atoms with E-state index >= 15 is 0 Å². The summed E-state index contributed by atoms with van der Waals surface area (Å²) in [5, 5.41) is 13.2. The summed E-state index contributed by atoms with van der Waals surface area (Å²) in [6.45, 7) is 5.11. The fourth-order valence-corrected chi connectivity index (χ4v) is 3.11. The standard InChI is InChI=1S/C20H26N2O3.ClH/c1-24-20-8-7-17(11-19(20)23)12-21-13-18-15-22(9-10-25-18)14-16-5-3-2-4-6-16;/h2-8,11,18,21,23H,9-10,12-15H2,1H3;1H. The van der Waals surface area contributed by atoms with E-state index < -0.39 is 0 Å². The summed E-state index contributed by atoms with van der Waals surface area (Å²) >= 11 is 0. The summed E-state index contributed by atoms with van der Waals surface area (Å²) in [5.41, 5.74) is 2.36. The first-order valence-corrected chi connectivity index (χ1v) is 8.69. The zero-order valence-corrected chi connectivity index (χ0v) is 15.9. The molecule has 1 heterocycles. The van der Waals surface area contributed by atoms with Gasteiger partial charge in [0, 0.05) is 32.7 Å². The van der Waals surface area contributed by atoms with Crippen LogP contribution < -0.4 is 10.1 Å². The fraction of sp³-hybridized carbons (Fsp3) is 0.400. The first kappa shape index (κ1) is 20.5. The van der Waals surface area contributed by atoms with Gasteiger partial charge in [0.05, 0.1) is 19.8 Å². The summed E-state index contributed by atoms with van der Waals surface area (Å²) in [5.74, 6) is 0.667. The lowest BCUT2D eigenvalue weighted by molar-refractivity contribution is -0.0300. The van der Waals surface area contributed by atoms with Crippen LogP contribution in [-0.2, 0) is 17.8 Å². The van der Waals surface area contributed by atoms with E-state index in [4.69, 9.17) is 9.47 Å². The maximum absolute atomic E-state index is 9.83. The first-order chi connectivity index (χ1) is 12.2. The minimum absolute atomic E-state index is 0. The van der Waals surface area contributed by atoms with Gasteiger partial charge in [-0.15, -0.1) is 12.4 Å². The van der Waals surface area contributed by atoms with E-state index in [2.05, 4.69) is 34.5 Å². The van der Waals surface area contributed by atoms with Crippen molar-refractivity contribution in [1.29, 1.82) is 0 Å². The number of hydrogen-bond acceptors (Lipinski definition) is 5. The Morgan fingerprint density at radius 2 is 2.00 bits per heavy atom. The molecule has 142 valence electrons. The second-order valence-corrected chi connectivity index (χ2v) is 6.35. The van der Waals surface area contributed by atoms with Crippen LogP contribution in [0.2, 0.25) is 0 Å². The Morgan fingerprint density at radius 3 is 2.73 bits per heavy atom. The highest BCUT2D eigenvalue weighted by Crippen LogP contribution is 2.26. The molecule has 0 aromatic heterocycles. The molecule has 0 bridgehead atoms. The number of hydrogen-bond donors (Lipinski definition) is 2. The number of methoxy groups -OCH3 is 1. The van der Waals surface area contributed by atoms with Crippen LogP contribution in [0.4, 0.5) is 0 Å². The minimum Gasteiger partial charge on any atom is -0.504 e. The zero-order chi connectivity index (χ0) is 17.5. The molecule has 2 aromatic rings. The number of phenolic OH excluding ortho intramolecular Hbond substituents is 1. The highest BCUT2D eigenvalue weighted by Gasteiger charge is 2.20. The molecule has 1 aliphatic rings. The van der Waals surface area contributed by atoms with E-state index in [9.17, 15) is 5.11 Å². The third kappa shape index (κ3) is 5.88. The van der Waals surface area contributed by atoms with Gasteiger partial charge in [-0.05, 0) is 23.3 Å². The predicted octanol–water partition coefficient (Wildman–Crippen LogP) is 2.81. The minimum atomic E-state index is 0. The smallest absolute Gasteiger partial charge is 0.160 e. The maximum atomic E-state index is 9.83. The molecule has 0 aliphatic carbocycles. The number of morpholine rings is 1. The Labute approximate surface area is 161 Å². The van der Waals surface area contributed by atoms with Gasteiger partial charge in [0.1, 0.15) is 0 Å². The van der Waals surface area contributed by atoms with Crippen LogP contribution in [-0.4, -0.2) is 49.5 Å². The van der Waals surface area contributed by atoms with Crippen molar-refractivity contribution >= 4 is 12.4 Å². The Bertz CT molecular complexity index is 669. The third-order valence-corrected chi connectivity index (χ3v) is 4.42. The Kier molecular flexibility index (Phi) is 8.19. The molecule has 6 heteroatoms. The molecule has 1 unspecified atom stereocenters. The van der Waals surface area contributed by atoms with E-state index in [1.807, 2.05) is 12.1 Å². The number of phenols is 1. The number of nitrogens with zero attached hydrogens (tertiary/aromatic N) is 1. The summed E-state index contributed by atoms with van der Waals surface area (Å²) in [6, 6.07) is 16.0. The van der Waals surface area contributed by atoms with Gasteiger partial charge >= 0.3 is 0 Å². The van der Waals surface area contributed by atoms with Gasteiger partial charge in [0.15, 0.2) is 11.5 Å². The van der Waals surface area contributed by atoms with Gasteiger partial charge < -0.3 is 19.9 Å². The molecular formula is C20H27ClN2O3. The fourth-order valence-electron chi connectivity index (χ4n) is 3.11. The molecule has 1 saturated heterocycles. The second kappa shape index (κ2) is 10.4. The lowest BCUT2D eigenvalue weighted by Crippen LogP contribution is -2.46. The van der Waals surface area contributed by atoms with Gasteiger partial charge in [0.2, 0.25) is 0 Å². The molecule has 0 saturated carbocycles. The number of nitrogens with one attached hydrogen (secondary N) is 1. The van der Waals surface area contributed by atoms with Gasteiger partial charge in [-0.25, -0.2) is 0 Å². The van der Waals surface area contributed by atoms with Crippen molar-refractivity contribution < 1.29 is 14.6 Å². The first-order valence-electron chi connectivity index (χ1n) is 8.69. The van der Waals surface area contributed by atoms with E-state index in [-0.39, 0.29) is 24.3 Å². The summed E-state index contributed by atoms with van der Waals surface area (Å²) < 4.78 is 10.9. The molecular weight excluding hydrogens is 352 g/mol. The highest BCUT2D eigenvalue weighted by atomic mass is 35.5. The lowest BCUT2D eigenvalue weighted by Gasteiger charge is -2.33. The number of aromatic hydroxyl groups is 1. The largest absolute Gasteiger partial charge is 0.504 e. The van der Waals surface area contributed by atoms with Gasteiger partial charge in [-0.3, -0.25) is 4.90 Å². The van der Waals surface area contributed by atoms with Crippen LogP contribution >= 0.6 is 12.4 Å². The molecule has 3 rings (SSSR count).